The smallest absolute Gasteiger partial charge is 0.230 e. The van der Waals surface area contributed by atoms with Gasteiger partial charge in [-0.1, -0.05) is 43.2 Å². The number of aromatic amines is 1. The number of nitrogens with one attached hydrogen (secondary N) is 1. The molecule has 1 aliphatic carbocycles. The van der Waals surface area contributed by atoms with Gasteiger partial charge in [0.05, 0.1) is 5.92 Å². The Balaban J connectivity index is 1.46. The van der Waals surface area contributed by atoms with Crippen molar-refractivity contribution in [3.8, 4) is 0 Å². The maximum Gasteiger partial charge on any atom is 0.230 e. The third kappa shape index (κ3) is 3.53. The molecule has 1 aromatic heterocycles. The van der Waals surface area contributed by atoms with E-state index in [0.717, 1.165) is 37.6 Å². The summed E-state index contributed by atoms with van der Waals surface area (Å²) in [6, 6.07) is 10.4. The lowest BCUT2D eigenvalue weighted by molar-refractivity contribution is -0.135. The van der Waals surface area contributed by atoms with Crippen molar-refractivity contribution in [2.24, 2.45) is 5.92 Å². The molecule has 2 aromatic rings. The Morgan fingerprint density at radius 3 is 2.42 bits per heavy atom. The fraction of sp³-hybridized carbons (Fsp3) is 0.571. The normalized spacial score (nSPS) is 20.4. The second-order valence-corrected chi connectivity index (χ2v) is 7.81. The Morgan fingerprint density at radius 1 is 1.12 bits per heavy atom. The van der Waals surface area contributed by atoms with Crippen LogP contribution in [0.15, 0.2) is 30.3 Å². The van der Waals surface area contributed by atoms with Gasteiger partial charge < -0.3 is 4.90 Å². The zero-order valence-corrected chi connectivity index (χ0v) is 15.5. The van der Waals surface area contributed by atoms with E-state index < -0.39 is 0 Å². The van der Waals surface area contributed by atoms with Crippen LogP contribution < -0.4 is 0 Å². The lowest BCUT2D eigenvalue weighted by Crippen LogP contribution is -2.42. The fourth-order valence-electron chi connectivity index (χ4n) is 4.66. The number of aryl methyl sites for hydroxylation is 1. The van der Waals surface area contributed by atoms with Crippen LogP contribution in [0.5, 0.6) is 0 Å². The molecule has 1 aliphatic heterocycles. The molecule has 0 radical (unpaired) electrons. The van der Waals surface area contributed by atoms with Crippen molar-refractivity contribution in [3.63, 3.8) is 0 Å². The lowest BCUT2D eigenvalue weighted by Gasteiger charge is -2.35. The number of hydrogen-bond acceptors (Lipinski definition) is 3. The van der Waals surface area contributed by atoms with Gasteiger partial charge in [0.2, 0.25) is 5.91 Å². The van der Waals surface area contributed by atoms with Crippen molar-refractivity contribution >= 4 is 5.91 Å². The quantitative estimate of drug-likeness (QED) is 0.910. The zero-order valence-electron chi connectivity index (χ0n) is 15.5. The highest BCUT2D eigenvalue weighted by atomic mass is 16.2. The van der Waals surface area contributed by atoms with Crippen molar-refractivity contribution < 1.29 is 4.79 Å². The number of carbonyl (C=O) groups excluding carboxylic acids is 1. The van der Waals surface area contributed by atoms with Gasteiger partial charge in [-0.15, -0.1) is 0 Å². The van der Waals surface area contributed by atoms with E-state index in [1.807, 2.05) is 13.0 Å². The summed E-state index contributed by atoms with van der Waals surface area (Å²) in [7, 11) is 0. The first kappa shape index (κ1) is 17.3. The van der Waals surface area contributed by atoms with E-state index in [4.69, 9.17) is 0 Å². The molecule has 1 saturated carbocycles. The minimum absolute atomic E-state index is 0.0287. The molecule has 0 spiro atoms. The number of amides is 1. The standard InChI is InChI=1S/C21H28N4O/c1-15-22-20(24-23-15)18-11-13-25(14-12-18)21(26)19(17-9-5-6-10-17)16-7-3-2-4-8-16/h2-4,7-8,17-19H,5-6,9-14H2,1H3,(H,22,23,24). The number of aromatic nitrogens is 3. The Hall–Kier alpha value is -2.17. The summed E-state index contributed by atoms with van der Waals surface area (Å²) >= 11 is 0. The highest BCUT2D eigenvalue weighted by Crippen LogP contribution is 2.39. The highest BCUT2D eigenvalue weighted by Gasteiger charge is 2.36. The molecule has 4 rings (SSSR count). The van der Waals surface area contributed by atoms with Gasteiger partial charge in [0.15, 0.2) is 5.82 Å². The van der Waals surface area contributed by atoms with Crippen LogP contribution in [-0.2, 0) is 4.79 Å². The fourth-order valence-corrected chi connectivity index (χ4v) is 4.66. The topological polar surface area (TPSA) is 61.9 Å². The minimum atomic E-state index is 0.0287. The molecule has 2 fully saturated rings. The van der Waals surface area contributed by atoms with E-state index in [2.05, 4.69) is 44.3 Å². The van der Waals surface area contributed by atoms with E-state index in [0.29, 0.717) is 17.7 Å². The van der Waals surface area contributed by atoms with Crippen LogP contribution in [0.25, 0.3) is 0 Å². The molecule has 26 heavy (non-hydrogen) atoms. The van der Waals surface area contributed by atoms with Gasteiger partial charge in [0, 0.05) is 19.0 Å². The Bertz CT molecular complexity index is 727. The number of carbonyl (C=O) groups is 1. The molecular weight excluding hydrogens is 324 g/mol. The summed E-state index contributed by atoms with van der Waals surface area (Å²) in [6.07, 6.45) is 6.78. The predicted octanol–water partition coefficient (Wildman–Crippen LogP) is 3.79. The van der Waals surface area contributed by atoms with Crippen LogP contribution in [-0.4, -0.2) is 39.1 Å². The van der Waals surface area contributed by atoms with Gasteiger partial charge in [-0.25, -0.2) is 4.98 Å². The van der Waals surface area contributed by atoms with Crippen molar-refractivity contribution in [1.82, 2.24) is 20.1 Å². The first-order chi connectivity index (χ1) is 12.7. The van der Waals surface area contributed by atoms with Crippen LogP contribution >= 0.6 is 0 Å². The molecule has 1 aromatic carbocycles. The molecule has 2 aliphatic rings. The van der Waals surface area contributed by atoms with E-state index in [1.54, 1.807) is 0 Å². The summed E-state index contributed by atoms with van der Waals surface area (Å²) in [5.74, 6) is 2.99. The van der Waals surface area contributed by atoms with E-state index in [9.17, 15) is 4.79 Å². The summed E-state index contributed by atoms with van der Waals surface area (Å²) in [5.41, 5.74) is 1.19. The van der Waals surface area contributed by atoms with E-state index in [-0.39, 0.29) is 5.92 Å². The van der Waals surface area contributed by atoms with Crippen LogP contribution in [0.3, 0.4) is 0 Å². The van der Waals surface area contributed by atoms with Gasteiger partial charge in [-0.05, 0) is 44.1 Å². The maximum atomic E-state index is 13.4. The van der Waals surface area contributed by atoms with Crippen molar-refractivity contribution in [2.45, 2.75) is 57.3 Å². The Kier molecular flexibility index (Phi) is 5.05. The molecule has 5 heteroatoms. The first-order valence-electron chi connectivity index (χ1n) is 9.95. The van der Waals surface area contributed by atoms with Gasteiger partial charge >= 0.3 is 0 Å². The average molecular weight is 352 g/mol. The summed E-state index contributed by atoms with van der Waals surface area (Å²) in [4.78, 5) is 20.0. The number of piperidine rings is 1. The largest absolute Gasteiger partial charge is 0.342 e. The predicted molar refractivity (Wildman–Crippen MR) is 101 cm³/mol. The summed E-state index contributed by atoms with van der Waals surface area (Å²) in [6.45, 7) is 3.56. The molecule has 1 amide bonds. The Morgan fingerprint density at radius 2 is 1.81 bits per heavy atom. The third-order valence-electron chi connectivity index (χ3n) is 6.08. The third-order valence-corrected chi connectivity index (χ3v) is 6.08. The van der Waals surface area contributed by atoms with E-state index in [1.165, 1.54) is 31.2 Å². The van der Waals surface area contributed by atoms with Crippen molar-refractivity contribution in [2.75, 3.05) is 13.1 Å². The Labute approximate surface area is 155 Å². The molecule has 1 unspecified atom stereocenters. The SMILES string of the molecule is Cc1nc(C2CCN(C(=O)C(c3ccccc3)C3CCCC3)CC2)n[nH]1. The second-order valence-electron chi connectivity index (χ2n) is 7.81. The molecule has 138 valence electrons. The molecular formula is C21H28N4O. The highest BCUT2D eigenvalue weighted by molar-refractivity contribution is 5.84. The minimum Gasteiger partial charge on any atom is -0.342 e. The molecule has 1 N–H and O–H groups in total. The number of nitrogens with zero attached hydrogens (tertiary/aromatic N) is 3. The second kappa shape index (κ2) is 7.60. The summed E-state index contributed by atoms with van der Waals surface area (Å²) in [5, 5.41) is 7.25. The van der Waals surface area contributed by atoms with Gasteiger partial charge in [0.1, 0.15) is 5.82 Å². The van der Waals surface area contributed by atoms with Gasteiger partial charge in [0.25, 0.3) is 0 Å². The molecule has 0 bridgehead atoms. The van der Waals surface area contributed by atoms with Crippen LogP contribution in [0.4, 0.5) is 0 Å². The maximum absolute atomic E-state index is 13.4. The van der Waals surface area contributed by atoms with Crippen LogP contribution in [0, 0.1) is 12.8 Å². The summed E-state index contributed by atoms with van der Waals surface area (Å²) < 4.78 is 0. The van der Waals surface area contributed by atoms with E-state index >= 15 is 0 Å². The first-order valence-corrected chi connectivity index (χ1v) is 9.95. The van der Waals surface area contributed by atoms with Gasteiger partial charge in [-0.2, -0.15) is 5.10 Å². The number of benzene rings is 1. The van der Waals surface area contributed by atoms with Crippen LogP contribution in [0.2, 0.25) is 0 Å². The number of rotatable bonds is 4. The number of hydrogen-bond donors (Lipinski definition) is 1. The average Bonchev–Trinajstić information content (AvgIpc) is 3.35. The van der Waals surface area contributed by atoms with Crippen molar-refractivity contribution in [3.05, 3.63) is 47.5 Å². The number of likely N-dealkylation sites (tertiary alicyclic amines) is 1. The molecule has 5 nitrogen and oxygen atoms in total. The van der Waals surface area contributed by atoms with Gasteiger partial charge in [-0.3, -0.25) is 9.89 Å². The van der Waals surface area contributed by atoms with Crippen LogP contribution in [0.1, 0.15) is 67.6 Å². The number of H-pyrrole nitrogens is 1. The molecule has 1 atom stereocenters. The zero-order chi connectivity index (χ0) is 17.9. The monoisotopic (exact) mass is 352 g/mol. The molecule has 1 saturated heterocycles. The molecule has 2 heterocycles. The van der Waals surface area contributed by atoms with Crippen molar-refractivity contribution in [1.29, 1.82) is 0 Å². The lowest BCUT2D eigenvalue weighted by atomic mass is 9.83.